The smallest absolute Gasteiger partial charge is 0.0991 e. The minimum Gasteiger partial charge on any atom is -0.192 e. The summed E-state index contributed by atoms with van der Waals surface area (Å²) in [5, 5.41) is 8.95. The van der Waals surface area contributed by atoms with E-state index in [1.165, 1.54) is 61.6 Å². The fraction of sp³-hybridized carbons (Fsp3) is 0.423. The molecular formula is C26H29N. The average Bonchev–Trinajstić information content (AvgIpc) is 3.04. The highest BCUT2D eigenvalue weighted by molar-refractivity contribution is 5.64. The molecule has 0 aromatic heterocycles. The van der Waals surface area contributed by atoms with Gasteiger partial charge in [-0.15, -0.1) is 6.58 Å². The van der Waals surface area contributed by atoms with Gasteiger partial charge in [0.1, 0.15) is 0 Å². The molecule has 0 radical (unpaired) electrons. The SMILES string of the molecule is C=CCC1CCC2CC(c3ccc(-c4ccc(C#N)cc4)cc3)CC2CC1. The second kappa shape index (κ2) is 8.13. The Kier molecular flexibility index (Phi) is 5.44. The van der Waals surface area contributed by atoms with Crippen LogP contribution in [0.25, 0.3) is 11.1 Å². The predicted octanol–water partition coefficient (Wildman–Crippen LogP) is 7.10. The first-order valence-corrected chi connectivity index (χ1v) is 10.5. The van der Waals surface area contributed by atoms with Crippen LogP contribution in [-0.4, -0.2) is 0 Å². The van der Waals surface area contributed by atoms with Crippen molar-refractivity contribution in [1.29, 1.82) is 5.26 Å². The van der Waals surface area contributed by atoms with Gasteiger partial charge in [-0.25, -0.2) is 0 Å². The predicted molar refractivity (Wildman–Crippen MR) is 112 cm³/mol. The van der Waals surface area contributed by atoms with E-state index >= 15 is 0 Å². The van der Waals surface area contributed by atoms with Crippen LogP contribution in [0.2, 0.25) is 0 Å². The van der Waals surface area contributed by atoms with Gasteiger partial charge in [0, 0.05) is 0 Å². The Morgan fingerprint density at radius 1 is 0.852 bits per heavy atom. The van der Waals surface area contributed by atoms with Gasteiger partial charge in [0.2, 0.25) is 0 Å². The third-order valence-corrected chi connectivity index (χ3v) is 6.96. The van der Waals surface area contributed by atoms with E-state index in [1.807, 2.05) is 24.3 Å². The van der Waals surface area contributed by atoms with Crippen molar-refractivity contribution in [3.05, 3.63) is 72.3 Å². The molecule has 0 heterocycles. The largest absolute Gasteiger partial charge is 0.192 e. The topological polar surface area (TPSA) is 23.8 Å². The Morgan fingerprint density at radius 3 is 1.93 bits per heavy atom. The standard InChI is InChI=1S/C26H29N/c1-2-3-19-4-10-24-16-26(17-25(24)11-5-19)23-14-12-22(13-15-23)21-8-6-20(18-27)7-9-21/h2,6-9,12-15,19,24-26H,1,3-5,10-11,16-17H2. The summed E-state index contributed by atoms with van der Waals surface area (Å²) >= 11 is 0. The lowest BCUT2D eigenvalue weighted by Gasteiger charge is -2.15. The summed E-state index contributed by atoms with van der Waals surface area (Å²) in [6.07, 6.45) is 11.7. The monoisotopic (exact) mass is 355 g/mol. The number of rotatable bonds is 4. The third kappa shape index (κ3) is 4.01. The molecule has 2 aliphatic carbocycles. The van der Waals surface area contributed by atoms with Crippen molar-refractivity contribution in [3.63, 3.8) is 0 Å². The number of nitriles is 1. The lowest BCUT2D eigenvalue weighted by molar-refractivity contribution is 0.367. The van der Waals surface area contributed by atoms with Crippen LogP contribution in [0.15, 0.2) is 61.2 Å². The zero-order valence-corrected chi connectivity index (χ0v) is 16.1. The summed E-state index contributed by atoms with van der Waals surface area (Å²) in [7, 11) is 0. The highest BCUT2D eigenvalue weighted by Gasteiger charge is 2.36. The molecule has 0 N–H and O–H groups in total. The van der Waals surface area contributed by atoms with Crippen molar-refractivity contribution < 1.29 is 0 Å². The maximum Gasteiger partial charge on any atom is 0.0991 e. The lowest BCUT2D eigenvalue weighted by Crippen LogP contribution is -2.04. The molecule has 2 aromatic rings. The van der Waals surface area contributed by atoms with E-state index in [1.54, 1.807) is 0 Å². The summed E-state index contributed by atoms with van der Waals surface area (Å²) in [6, 6.07) is 19.2. The molecule has 0 aliphatic heterocycles. The summed E-state index contributed by atoms with van der Waals surface area (Å²) < 4.78 is 0. The fourth-order valence-corrected chi connectivity index (χ4v) is 5.39. The molecule has 0 bridgehead atoms. The molecular weight excluding hydrogens is 326 g/mol. The Hall–Kier alpha value is -2.33. The van der Waals surface area contributed by atoms with Crippen molar-refractivity contribution in [3.8, 4) is 17.2 Å². The van der Waals surface area contributed by atoms with Crippen molar-refractivity contribution in [2.75, 3.05) is 0 Å². The van der Waals surface area contributed by atoms with E-state index in [4.69, 9.17) is 5.26 Å². The number of allylic oxidation sites excluding steroid dienone is 1. The van der Waals surface area contributed by atoms with E-state index < -0.39 is 0 Å². The zero-order valence-electron chi connectivity index (χ0n) is 16.1. The van der Waals surface area contributed by atoms with Crippen LogP contribution < -0.4 is 0 Å². The van der Waals surface area contributed by atoms with Gasteiger partial charge in [-0.2, -0.15) is 5.26 Å². The Labute approximate surface area is 163 Å². The van der Waals surface area contributed by atoms with Gasteiger partial charge >= 0.3 is 0 Å². The van der Waals surface area contributed by atoms with Crippen LogP contribution in [0.4, 0.5) is 0 Å². The number of fused-ring (bicyclic) bond motifs is 1. The Morgan fingerprint density at radius 2 is 1.41 bits per heavy atom. The molecule has 1 heteroatoms. The Bertz CT molecular complexity index is 793. The van der Waals surface area contributed by atoms with Gasteiger partial charge in [-0.05, 0) is 97.4 Å². The van der Waals surface area contributed by atoms with E-state index in [0.29, 0.717) is 0 Å². The molecule has 138 valence electrons. The van der Waals surface area contributed by atoms with Crippen molar-refractivity contribution >= 4 is 0 Å². The lowest BCUT2D eigenvalue weighted by atomic mass is 9.90. The van der Waals surface area contributed by atoms with Gasteiger partial charge in [0.05, 0.1) is 11.6 Å². The quantitative estimate of drug-likeness (QED) is 0.536. The van der Waals surface area contributed by atoms with Crippen LogP contribution in [0.5, 0.6) is 0 Å². The molecule has 0 spiro atoms. The van der Waals surface area contributed by atoms with E-state index in [2.05, 4.69) is 43.0 Å². The molecule has 2 atom stereocenters. The summed E-state index contributed by atoms with van der Waals surface area (Å²) in [5.41, 5.74) is 4.66. The first-order valence-electron chi connectivity index (χ1n) is 10.5. The zero-order chi connectivity index (χ0) is 18.6. The summed E-state index contributed by atoms with van der Waals surface area (Å²) in [4.78, 5) is 0. The maximum atomic E-state index is 8.95. The van der Waals surface area contributed by atoms with E-state index in [0.717, 1.165) is 29.2 Å². The van der Waals surface area contributed by atoms with Crippen LogP contribution in [0.3, 0.4) is 0 Å². The van der Waals surface area contributed by atoms with Gasteiger partial charge < -0.3 is 0 Å². The average molecular weight is 356 g/mol. The fourth-order valence-electron chi connectivity index (χ4n) is 5.39. The molecule has 4 rings (SSSR count). The first kappa shape index (κ1) is 18.1. The van der Waals surface area contributed by atoms with Gasteiger partial charge in [0.25, 0.3) is 0 Å². The summed E-state index contributed by atoms with van der Waals surface area (Å²) in [5.74, 6) is 3.50. The highest BCUT2D eigenvalue weighted by atomic mass is 14.4. The van der Waals surface area contributed by atoms with Gasteiger partial charge in [-0.1, -0.05) is 42.5 Å². The van der Waals surface area contributed by atoms with Crippen molar-refractivity contribution in [2.24, 2.45) is 17.8 Å². The molecule has 1 nitrogen and oxygen atoms in total. The number of hydrogen-bond donors (Lipinski definition) is 0. The maximum absolute atomic E-state index is 8.95. The van der Waals surface area contributed by atoms with Crippen molar-refractivity contribution in [2.45, 2.75) is 50.9 Å². The first-order chi connectivity index (χ1) is 13.3. The molecule has 2 fully saturated rings. The van der Waals surface area contributed by atoms with E-state index in [9.17, 15) is 0 Å². The minimum atomic E-state index is 0.718. The number of hydrogen-bond acceptors (Lipinski definition) is 1. The minimum absolute atomic E-state index is 0.718. The second-order valence-corrected chi connectivity index (χ2v) is 8.54. The molecule has 2 aliphatic rings. The molecule has 2 aromatic carbocycles. The molecule has 2 saturated carbocycles. The number of benzene rings is 2. The Balaban J connectivity index is 1.41. The molecule has 0 saturated heterocycles. The number of nitrogens with zero attached hydrogens (tertiary/aromatic N) is 1. The van der Waals surface area contributed by atoms with E-state index in [-0.39, 0.29) is 0 Å². The van der Waals surface area contributed by atoms with Crippen molar-refractivity contribution in [1.82, 2.24) is 0 Å². The van der Waals surface area contributed by atoms with Crippen LogP contribution >= 0.6 is 0 Å². The molecule has 2 unspecified atom stereocenters. The third-order valence-electron chi connectivity index (χ3n) is 6.96. The van der Waals surface area contributed by atoms with Crippen LogP contribution in [0.1, 0.15) is 62.0 Å². The van der Waals surface area contributed by atoms with Crippen LogP contribution in [-0.2, 0) is 0 Å². The normalized spacial score (nSPS) is 27.4. The van der Waals surface area contributed by atoms with Crippen LogP contribution in [0, 0.1) is 29.1 Å². The summed E-state index contributed by atoms with van der Waals surface area (Å²) in [6.45, 7) is 3.93. The highest BCUT2D eigenvalue weighted by Crippen LogP contribution is 2.49. The molecule has 27 heavy (non-hydrogen) atoms. The van der Waals surface area contributed by atoms with Gasteiger partial charge in [0.15, 0.2) is 0 Å². The second-order valence-electron chi connectivity index (χ2n) is 8.54. The van der Waals surface area contributed by atoms with Gasteiger partial charge in [-0.3, -0.25) is 0 Å². The molecule has 0 amide bonds.